The molecule has 292 valence electrons. The molecule has 0 saturated carbocycles. The van der Waals surface area contributed by atoms with Crippen LogP contribution in [-0.4, -0.2) is 93.1 Å². The van der Waals surface area contributed by atoms with Gasteiger partial charge in [-0.1, -0.05) is 41.5 Å². The number of hydrogen-bond donors (Lipinski definition) is 4. The van der Waals surface area contributed by atoms with Gasteiger partial charge >= 0.3 is 0 Å². The zero-order valence-corrected chi connectivity index (χ0v) is 34.1. The van der Waals surface area contributed by atoms with Crippen LogP contribution in [0.3, 0.4) is 0 Å². The van der Waals surface area contributed by atoms with Gasteiger partial charge in [-0.15, -0.1) is 0 Å². The van der Waals surface area contributed by atoms with Crippen molar-refractivity contribution in [3.8, 4) is 0 Å². The van der Waals surface area contributed by atoms with Crippen molar-refractivity contribution >= 4 is 54.9 Å². The van der Waals surface area contributed by atoms with Crippen LogP contribution in [-0.2, 0) is 63.8 Å². The number of rotatable bonds is 10. The Balaban J connectivity index is 0.000000280. The molecular formula is C34H56N8O8S2. The van der Waals surface area contributed by atoms with Gasteiger partial charge in [0.2, 0.25) is 23.6 Å². The predicted molar refractivity (Wildman–Crippen MR) is 199 cm³/mol. The molecule has 0 radical (unpaired) electrons. The van der Waals surface area contributed by atoms with Crippen molar-refractivity contribution in [3.05, 3.63) is 23.5 Å². The molecule has 2 aromatic rings. The maximum Gasteiger partial charge on any atom is 0.246 e. The van der Waals surface area contributed by atoms with Gasteiger partial charge in [-0.25, -0.2) is 16.8 Å². The lowest BCUT2D eigenvalue weighted by atomic mass is 9.92. The lowest BCUT2D eigenvalue weighted by Gasteiger charge is -2.25. The fraction of sp³-hybridized carbons (Fsp3) is 0.706. The Morgan fingerprint density at radius 2 is 0.981 bits per heavy atom. The first-order chi connectivity index (χ1) is 23.5. The molecule has 18 heteroatoms. The first kappa shape index (κ1) is 42.6. The van der Waals surface area contributed by atoms with Crippen molar-refractivity contribution in [2.75, 3.05) is 22.1 Å². The zero-order valence-electron chi connectivity index (χ0n) is 32.4. The number of carbonyl (C=O) groups is 4. The highest BCUT2D eigenvalue weighted by atomic mass is 32.2. The van der Waals surface area contributed by atoms with Crippen molar-refractivity contribution in [2.45, 2.75) is 127 Å². The molecule has 16 nitrogen and oxygen atoms in total. The van der Waals surface area contributed by atoms with Crippen molar-refractivity contribution in [2.24, 2.45) is 14.1 Å². The number of nitrogens with one attached hydrogen (secondary N) is 4. The molecule has 2 aromatic heterocycles. The van der Waals surface area contributed by atoms with Gasteiger partial charge in [0.15, 0.2) is 19.7 Å². The van der Waals surface area contributed by atoms with Crippen molar-refractivity contribution in [3.63, 3.8) is 0 Å². The smallest absolute Gasteiger partial charge is 0.246 e. The maximum absolute atomic E-state index is 12.8. The van der Waals surface area contributed by atoms with Crippen LogP contribution in [0.1, 0.15) is 106 Å². The van der Waals surface area contributed by atoms with Crippen LogP contribution in [0.5, 0.6) is 0 Å². The minimum absolute atomic E-state index is 0.156. The summed E-state index contributed by atoms with van der Waals surface area (Å²) in [5.74, 6) is -1.17. The largest absolute Gasteiger partial charge is 0.352 e. The molecule has 0 bridgehead atoms. The Hall–Kier alpha value is -3.80. The summed E-state index contributed by atoms with van der Waals surface area (Å²) in [4.78, 5) is 48.0. The average Bonchev–Trinajstić information content (AvgIpc) is 3.77. The van der Waals surface area contributed by atoms with E-state index >= 15 is 0 Å². The van der Waals surface area contributed by atoms with Crippen LogP contribution >= 0.6 is 0 Å². The number of carbonyl (C=O) groups excluding carboxylic acids is 4. The molecular weight excluding hydrogens is 713 g/mol. The van der Waals surface area contributed by atoms with Crippen LogP contribution < -0.4 is 21.3 Å². The summed E-state index contributed by atoms with van der Waals surface area (Å²) >= 11 is 0. The highest BCUT2D eigenvalue weighted by molar-refractivity contribution is 7.93. The van der Waals surface area contributed by atoms with Gasteiger partial charge < -0.3 is 21.3 Å². The van der Waals surface area contributed by atoms with Gasteiger partial charge in [0.25, 0.3) is 0 Å². The van der Waals surface area contributed by atoms with E-state index in [-0.39, 0.29) is 34.2 Å². The van der Waals surface area contributed by atoms with E-state index < -0.39 is 53.1 Å². The maximum atomic E-state index is 12.8. The predicted octanol–water partition coefficient (Wildman–Crippen LogP) is 2.26. The van der Waals surface area contributed by atoms with Gasteiger partial charge in [-0.3, -0.25) is 28.5 Å². The molecule has 0 aliphatic carbocycles. The van der Waals surface area contributed by atoms with Gasteiger partial charge in [0.1, 0.15) is 21.1 Å². The first-order valence-corrected chi connectivity index (χ1v) is 20.5. The fourth-order valence-corrected chi connectivity index (χ4v) is 8.33. The third-order valence-corrected chi connectivity index (χ3v) is 14.6. The van der Waals surface area contributed by atoms with Crippen LogP contribution in [0.15, 0.2) is 12.1 Å². The number of hydrogen-bond acceptors (Lipinski definition) is 10. The highest BCUT2D eigenvalue weighted by Crippen LogP contribution is 2.28. The molecule has 2 aliphatic heterocycles. The van der Waals surface area contributed by atoms with E-state index in [1.54, 1.807) is 26.2 Å². The second kappa shape index (κ2) is 14.9. The summed E-state index contributed by atoms with van der Waals surface area (Å²) < 4.78 is 50.8. The summed E-state index contributed by atoms with van der Waals surface area (Å²) in [6.45, 7) is 17.6. The van der Waals surface area contributed by atoms with Gasteiger partial charge in [-0.2, -0.15) is 10.2 Å². The fourth-order valence-electron chi connectivity index (χ4n) is 5.27. The SMILES string of the molecule is Cn1nc(C(C)(C)C)cc1NC(=O)C(C)(C)S(=O)(=O)C[C@@H]1CCC(=O)N1.Cn1nc(C(C)(C)C)cc1NC(=O)C(C)(C)S(=O)(=O)C[C@H]1CCC(=O)N1. The number of aryl methyl sites for hydroxylation is 2. The molecule has 0 spiro atoms. The van der Waals surface area contributed by atoms with Gasteiger partial charge in [0.05, 0.1) is 22.9 Å². The number of aromatic nitrogens is 4. The lowest BCUT2D eigenvalue weighted by Crippen LogP contribution is -2.48. The molecule has 0 unspecified atom stereocenters. The van der Waals surface area contributed by atoms with E-state index in [0.717, 1.165) is 11.4 Å². The minimum Gasteiger partial charge on any atom is -0.352 e. The van der Waals surface area contributed by atoms with Crippen LogP contribution in [0.25, 0.3) is 0 Å². The third kappa shape index (κ3) is 9.79. The van der Waals surface area contributed by atoms with E-state index in [4.69, 9.17) is 0 Å². The standard InChI is InChI=1S/2C17H28N4O4S/c2*1-16(2,3)12-9-13(21(6)20-12)19-15(23)17(4,5)26(24,25)10-11-7-8-14(22)18-11/h2*9,11H,7-8,10H2,1-6H3,(H,18,22)(H,19,23)/t2*11-/m10/s1. The van der Waals surface area contributed by atoms with Crippen molar-refractivity contribution < 1.29 is 36.0 Å². The van der Waals surface area contributed by atoms with E-state index in [2.05, 4.69) is 31.5 Å². The number of nitrogens with zero attached hydrogens (tertiary/aromatic N) is 4. The molecule has 4 rings (SSSR count). The monoisotopic (exact) mass is 768 g/mol. The second-order valence-corrected chi connectivity index (χ2v) is 21.8. The molecule has 0 aromatic carbocycles. The lowest BCUT2D eigenvalue weighted by molar-refractivity contribution is -0.120. The molecule has 2 aliphatic rings. The van der Waals surface area contributed by atoms with Crippen LogP contribution in [0.2, 0.25) is 0 Å². The van der Waals surface area contributed by atoms with Crippen LogP contribution in [0.4, 0.5) is 11.6 Å². The summed E-state index contributed by atoms with van der Waals surface area (Å²) in [5.41, 5.74) is 1.21. The van der Waals surface area contributed by atoms with E-state index in [0.29, 0.717) is 37.3 Å². The molecule has 4 N–H and O–H groups in total. The number of amides is 4. The van der Waals surface area contributed by atoms with E-state index in [1.807, 2.05) is 41.5 Å². The second-order valence-electron chi connectivity index (χ2n) is 16.7. The minimum atomic E-state index is -3.78. The van der Waals surface area contributed by atoms with Gasteiger partial charge in [0, 0.05) is 62.0 Å². The Labute approximate surface area is 307 Å². The van der Waals surface area contributed by atoms with Crippen LogP contribution in [0, 0.1) is 0 Å². The first-order valence-electron chi connectivity index (χ1n) is 17.2. The highest BCUT2D eigenvalue weighted by Gasteiger charge is 2.45. The molecule has 52 heavy (non-hydrogen) atoms. The Morgan fingerprint density at radius 3 is 1.21 bits per heavy atom. The molecule has 2 saturated heterocycles. The average molecular weight is 769 g/mol. The Bertz CT molecular complexity index is 1770. The quantitative estimate of drug-likeness (QED) is 0.276. The molecule has 2 fully saturated rings. The summed E-state index contributed by atoms with van der Waals surface area (Å²) in [5, 5.41) is 19.4. The topological polar surface area (TPSA) is 220 Å². The molecule has 2 atom stereocenters. The summed E-state index contributed by atoms with van der Waals surface area (Å²) in [6.07, 6.45) is 1.56. The van der Waals surface area contributed by atoms with E-state index in [1.165, 1.54) is 37.1 Å². The van der Waals surface area contributed by atoms with Crippen molar-refractivity contribution in [1.29, 1.82) is 0 Å². The van der Waals surface area contributed by atoms with Crippen molar-refractivity contribution in [1.82, 2.24) is 30.2 Å². The zero-order chi connectivity index (χ0) is 39.8. The van der Waals surface area contributed by atoms with E-state index in [9.17, 15) is 36.0 Å². The van der Waals surface area contributed by atoms with Gasteiger partial charge in [-0.05, 0) is 40.5 Å². The third-order valence-electron chi connectivity index (χ3n) is 9.44. The summed E-state index contributed by atoms with van der Waals surface area (Å²) in [7, 11) is -4.16. The molecule has 4 amide bonds. The Morgan fingerprint density at radius 1 is 0.673 bits per heavy atom. The summed E-state index contributed by atoms with van der Waals surface area (Å²) in [6, 6.07) is 2.61. The normalized spacial score (nSPS) is 18.7. The Kier molecular flexibility index (Phi) is 12.2. The number of anilines is 2. The number of sulfone groups is 2. The molecule has 4 heterocycles.